The van der Waals surface area contributed by atoms with Gasteiger partial charge in [-0.15, -0.1) is 0 Å². The summed E-state index contributed by atoms with van der Waals surface area (Å²) in [5, 5.41) is 0. The molecule has 0 unspecified atom stereocenters. The second-order valence-corrected chi connectivity index (χ2v) is 5.61. The number of hydrogen-bond donors (Lipinski definition) is 2. The molecule has 3 N–H and O–H groups in total. The van der Waals surface area contributed by atoms with Gasteiger partial charge in [0.15, 0.2) is 0 Å². The standard InChI is InChI=1S/C13H13FN2O3S/c1-19-10-5-2-4-9(8-10)16-20(17,18)13-11(14)6-3-7-12(13)15/h2-8,16H,15H2,1H3. The van der Waals surface area contributed by atoms with E-state index in [2.05, 4.69) is 4.72 Å². The van der Waals surface area contributed by atoms with Gasteiger partial charge < -0.3 is 10.5 Å². The van der Waals surface area contributed by atoms with E-state index in [4.69, 9.17) is 10.5 Å². The fourth-order valence-corrected chi connectivity index (χ4v) is 2.94. The van der Waals surface area contributed by atoms with Crippen LogP contribution in [0.25, 0.3) is 0 Å². The molecule has 2 aromatic rings. The van der Waals surface area contributed by atoms with E-state index in [1.54, 1.807) is 12.1 Å². The smallest absolute Gasteiger partial charge is 0.266 e. The van der Waals surface area contributed by atoms with Crippen molar-refractivity contribution in [3.8, 4) is 5.75 Å². The van der Waals surface area contributed by atoms with Crippen molar-refractivity contribution >= 4 is 21.4 Å². The summed E-state index contributed by atoms with van der Waals surface area (Å²) >= 11 is 0. The first-order valence-electron chi connectivity index (χ1n) is 5.65. The molecule has 0 saturated carbocycles. The SMILES string of the molecule is COc1cccc(NS(=O)(=O)c2c(N)cccc2F)c1. The zero-order chi connectivity index (χ0) is 14.8. The van der Waals surface area contributed by atoms with Crippen LogP contribution in [0, 0.1) is 5.82 Å². The minimum Gasteiger partial charge on any atom is -0.497 e. The largest absolute Gasteiger partial charge is 0.497 e. The van der Waals surface area contributed by atoms with Gasteiger partial charge in [0, 0.05) is 6.07 Å². The summed E-state index contributed by atoms with van der Waals surface area (Å²) < 4.78 is 45.3. The van der Waals surface area contributed by atoms with Crippen molar-refractivity contribution in [2.24, 2.45) is 0 Å². The number of methoxy groups -OCH3 is 1. The zero-order valence-corrected chi connectivity index (χ0v) is 11.4. The maximum atomic E-state index is 13.7. The molecule has 0 aliphatic rings. The van der Waals surface area contributed by atoms with Crippen LogP contribution in [-0.2, 0) is 10.0 Å². The van der Waals surface area contributed by atoms with Crippen LogP contribution in [0.3, 0.4) is 0 Å². The van der Waals surface area contributed by atoms with Crippen LogP contribution in [0.1, 0.15) is 0 Å². The van der Waals surface area contributed by atoms with E-state index in [0.717, 1.165) is 6.07 Å². The normalized spacial score (nSPS) is 11.1. The molecule has 0 bridgehead atoms. The fraction of sp³-hybridized carbons (Fsp3) is 0.0769. The average Bonchev–Trinajstić information content (AvgIpc) is 2.37. The Bertz CT molecular complexity index is 712. The van der Waals surface area contributed by atoms with Gasteiger partial charge in [-0.2, -0.15) is 0 Å². The second-order valence-electron chi connectivity index (χ2n) is 4.00. The van der Waals surface area contributed by atoms with Crippen molar-refractivity contribution in [2.45, 2.75) is 4.90 Å². The summed E-state index contributed by atoms with van der Waals surface area (Å²) in [6.07, 6.45) is 0. The van der Waals surface area contributed by atoms with Gasteiger partial charge in [-0.1, -0.05) is 12.1 Å². The van der Waals surface area contributed by atoms with Crippen molar-refractivity contribution in [1.29, 1.82) is 0 Å². The molecule has 0 aromatic heterocycles. The number of halogens is 1. The highest BCUT2D eigenvalue weighted by atomic mass is 32.2. The van der Waals surface area contributed by atoms with Crippen LogP contribution in [0.5, 0.6) is 5.75 Å². The lowest BCUT2D eigenvalue weighted by Gasteiger charge is -2.11. The first-order chi connectivity index (χ1) is 9.44. The molecule has 0 heterocycles. The molecule has 0 spiro atoms. The van der Waals surface area contributed by atoms with Crippen molar-refractivity contribution in [3.05, 3.63) is 48.3 Å². The van der Waals surface area contributed by atoms with Gasteiger partial charge in [0.25, 0.3) is 10.0 Å². The Kier molecular flexibility index (Phi) is 3.80. The molecule has 0 radical (unpaired) electrons. The molecular weight excluding hydrogens is 283 g/mol. The van der Waals surface area contributed by atoms with E-state index in [9.17, 15) is 12.8 Å². The average molecular weight is 296 g/mol. The zero-order valence-electron chi connectivity index (χ0n) is 10.6. The van der Waals surface area contributed by atoms with Crippen LogP contribution in [0.4, 0.5) is 15.8 Å². The van der Waals surface area contributed by atoms with E-state index < -0.39 is 20.7 Å². The van der Waals surface area contributed by atoms with Gasteiger partial charge in [-0.25, -0.2) is 12.8 Å². The van der Waals surface area contributed by atoms with Crippen LogP contribution in [0.15, 0.2) is 47.4 Å². The quantitative estimate of drug-likeness (QED) is 0.848. The summed E-state index contributed by atoms with van der Waals surface area (Å²) in [5.41, 5.74) is 5.64. The first-order valence-corrected chi connectivity index (χ1v) is 7.13. The highest BCUT2D eigenvalue weighted by Gasteiger charge is 2.22. The van der Waals surface area contributed by atoms with E-state index in [0.29, 0.717) is 5.75 Å². The van der Waals surface area contributed by atoms with Gasteiger partial charge in [0.2, 0.25) is 0 Å². The number of ether oxygens (including phenoxy) is 1. The van der Waals surface area contributed by atoms with Crippen molar-refractivity contribution in [2.75, 3.05) is 17.6 Å². The van der Waals surface area contributed by atoms with Crippen molar-refractivity contribution in [3.63, 3.8) is 0 Å². The number of nitrogen functional groups attached to an aromatic ring is 1. The van der Waals surface area contributed by atoms with Gasteiger partial charge in [-0.3, -0.25) is 4.72 Å². The van der Waals surface area contributed by atoms with Gasteiger partial charge in [0.05, 0.1) is 18.5 Å². The van der Waals surface area contributed by atoms with Crippen LogP contribution < -0.4 is 15.2 Å². The Labute approximate surface area is 116 Å². The molecule has 7 heteroatoms. The molecule has 2 rings (SSSR count). The maximum absolute atomic E-state index is 13.7. The monoisotopic (exact) mass is 296 g/mol. The molecule has 0 fully saturated rings. The summed E-state index contributed by atoms with van der Waals surface area (Å²) in [6.45, 7) is 0. The summed E-state index contributed by atoms with van der Waals surface area (Å²) in [5.74, 6) is -0.424. The lowest BCUT2D eigenvalue weighted by atomic mass is 10.3. The third kappa shape index (κ3) is 2.83. The number of benzene rings is 2. The van der Waals surface area contributed by atoms with E-state index >= 15 is 0 Å². The molecule has 0 saturated heterocycles. The molecule has 106 valence electrons. The third-order valence-corrected chi connectivity index (χ3v) is 4.06. The molecule has 0 aliphatic carbocycles. The summed E-state index contributed by atoms with van der Waals surface area (Å²) in [7, 11) is -2.64. The number of nitrogens with one attached hydrogen (secondary N) is 1. The lowest BCUT2D eigenvalue weighted by Crippen LogP contribution is -2.16. The van der Waals surface area contributed by atoms with Crippen molar-refractivity contribution in [1.82, 2.24) is 0 Å². The number of anilines is 2. The van der Waals surface area contributed by atoms with Gasteiger partial charge in [-0.05, 0) is 24.3 Å². The minimum atomic E-state index is -4.11. The highest BCUT2D eigenvalue weighted by molar-refractivity contribution is 7.92. The second kappa shape index (κ2) is 5.38. The minimum absolute atomic E-state index is 0.152. The number of sulfonamides is 1. The highest BCUT2D eigenvalue weighted by Crippen LogP contribution is 2.25. The number of nitrogens with two attached hydrogens (primary N) is 1. The van der Waals surface area contributed by atoms with Gasteiger partial charge >= 0.3 is 0 Å². The Balaban J connectivity index is 2.41. The van der Waals surface area contributed by atoms with Crippen LogP contribution in [-0.4, -0.2) is 15.5 Å². The third-order valence-electron chi connectivity index (χ3n) is 2.59. The molecule has 0 amide bonds. The van der Waals surface area contributed by atoms with E-state index in [-0.39, 0.29) is 11.4 Å². The Morgan fingerprint density at radius 1 is 1.20 bits per heavy atom. The van der Waals surface area contributed by atoms with Gasteiger partial charge in [0.1, 0.15) is 16.5 Å². The maximum Gasteiger partial charge on any atom is 0.266 e. The molecule has 20 heavy (non-hydrogen) atoms. The Morgan fingerprint density at radius 3 is 2.55 bits per heavy atom. The summed E-state index contributed by atoms with van der Waals surface area (Å²) in [6, 6.07) is 9.98. The Hall–Kier alpha value is -2.28. The molecule has 0 atom stereocenters. The van der Waals surface area contributed by atoms with Crippen molar-refractivity contribution < 1.29 is 17.5 Å². The molecule has 5 nitrogen and oxygen atoms in total. The number of hydrogen-bond acceptors (Lipinski definition) is 4. The predicted octanol–water partition coefficient (Wildman–Crippen LogP) is 2.22. The summed E-state index contributed by atoms with van der Waals surface area (Å²) in [4.78, 5) is -0.567. The molecule has 0 aliphatic heterocycles. The Morgan fingerprint density at radius 2 is 1.90 bits per heavy atom. The molecule has 2 aromatic carbocycles. The van der Waals surface area contributed by atoms with Crippen LogP contribution in [0.2, 0.25) is 0 Å². The fourth-order valence-electron chi connectivity index (χ4n) is 1.70. The first kappa shape index (κ1) is 14.1. The topological polar surface area (TPSA) is 81.4 Å². The predicted molar refractivity (Wildman–Crippen MR) is 74.6 cm³/mol. The van der Waals surface area contributed by atoms with Crippen LogP contribution >= 0.6 is 0 Å². The van der Waals surface area contributed by atoms with E-state index in [1.165, 1.54) is 31.4 Å². The molecular formula is C13H13FN2O3S. The number of rotatable bonds is 4. The lowest BCUT2D eigenvalue weighted by molar-refractivity contribution is 0.415. The van der Waals surface area contributed by atoms with E-state index in [1.807, 2.05) is 0 Å².